The Morgan fingerprint density at radius 1 is 1.39 bits per heavy atom. The van der Waals surface area contributed by atoms with Gasteiger partial charge in [-0.3, -0.25) is 0 Å². The van der Waals surface area contributed by atoms with Crippen LogP contribution in [0.2, 0.25) is 0 Å². The van der Waals surface area contributed by atoms with E-state index in [4.69, 9.17) is 0 Å². The first-order valence-electron chi connectivity index (χ1n) is 5.00. The normalized spacial score (nSPS) is 12.1. The van der Waals surface area contributed by atoms with Crippen molar-refractivity contribution in [3.63, 3.8) is 0 Å². The highest BCUT2D eigenvalue weighted by Gasteiger charge is 2.30. The number of ether oxygens (including phenoxy) is 2. The Morgan fingerprint density at radius 2 is 2.00 bits per heavy atom. The second-order valence-corrected chi connectivity index (χ2v) is 3.26. The summed E-state index contributed by atoms with van der Waals surface area (Å²) in [6.07, 6.45) is -2.16. The average molecular weight is 264 g/mol. The molecule has 0 amide bonds. The van der Waals surface area contributed by atoms with Crippen LogP contribution in [0.15, 0.2) is 6.07 Å². The van der Waals surface area contributed by atoms with Crippen LogP contribution >= 0.6 is 0 Å². The third-order valence-corrected chi connectivity index (χ3v) is 2.15. The monoisotopic (exact) mass is 264 g/mol. The lowest BCUT2D eigenvalue weighted by molar-refractivity contribution is -0.153. The number of rotatable bonds is 4. The van der Waals surface area contributed by atoms with E-state index in [0.29, 0.717) is 0 Å². The fraction of sp³-hybridized carbons (Fsp3) is 0.364. The Bertz CT molecular complexity index is 462. The molecule has 1 unspecified atom stereocenters. The van der Waals surface area contributed by atoms with Crippen LogP contribution in [0, 0.1) is 17.5 Å². The molecule has 1 atom stereocenters. The standard InChI is InChI=1S/C11H11F3O4/c1-3-18-11(16)9(15)7-8(14)5(12)4-6(13)10(7)17-2/h4,9,15H,3H2,1-2H3. The fourth-order valence-electron chi connectivity index (χ4n) is 1.39. The lowest BCUT2D eigenvalue weighted by atomic mass is 10.1. The molecule has 4 nitrogen and oxygen atoms in total. The van der Waals surface area contributed by atoms with Crippen molar-refractivity contribution < 1.29 is 32.5 Å². The summed E-state index contributed by atoms with van der Waals surface area (Å²) in [5, 5.41) is 9.53. The van der Waals surface area contributed by atoms with Crippen LogP contribution in [-0.2, 0) is 9.53 Å². The molecule has 18 heavy (non-hydrogen) atoms. The van der Waals surface area contributed by atoms with Gasteiger partial charge in [-0.2, -0.15) is 0 Å². The van der Waals surface area contributed by atoms with Gasteiger partial charge in [-0.1, -0.05) is 0 Å². The van der Waals surface area contributed by atoms with Gasteiger partial charge < -0.3 is 14.6 Å². The van der Waals surface area contributed by atoms with Crippen LogP contribution in [-0.4, -0.2) is 24.8 Å². The number of aliphatic hydroxyl groups is 1. The van der Waals surface area contributed by atoms with Crippen molar-refractivity contribution in [2.45, 2.75) is 13.0 Å². The molecule has 0 bridgehead atoms. The molecule has 1 aromatic carbocycles. The lowest BCUT2D eigenvalue weighted by Gasteiger charge is -2.15. The zero-order chi connectivity index (χ0) is 13.9. The van der Waals surface area contributed by atoms with Crippen molar-refractivity contribution in [1.82, 2.24) is 0 Å². The topological polar surface area (TPSA) is 55.8 Å². The van der Waals surface area contributed by atoms with Gasteiger partial charge in [0.15, 0.2) is 29.3 Å². The Balaban J connectivity index is 3.33. The van der Waals surface area contributed by atoms with Gasteiger partial charge in [0.1, 0.15) is 0 Å². The Hall–Kier alpha value is -1.76. The van der Waals surface area contributed by atoms with Crippen molar-refractivity contribution in [3.8, 4) is 5.75 Å². The molecular formula is C11H11F3O4. The van der Waals surface area contributed by atoms with Crippen molar-refractivity contribution in [1.29, 1.82) is 0 Å². The van der Waals surface area contributed by atoms with E-state index in [1.165, 1.54) is 6.92 Å². The summed E-state index contributed by atoms with van der Waals surface area (Å²) in [5.41, 5.74) is -0.923. The van der Waals surface area contributed by atoms with E-state index in [0.717, 1.165) is 7.11 Å². The quantitative estimate of drug-likeness (QED) is 0.664. The first kappa shape index (κ1) is 14.3. The zero-order valence-corrected chi connectivity index (χ0v) is 9.67. The first-order chi connectivity index (χ1) is 8.43. The minimum Gasteiger partial charge on any atom is -0.493 e. The van der Waals surface area contributed by atoms with E-state index in [1.54, 1.807) is 0 Å². The predicted octanol–water partition coefficient (Wildman–Crippen LogP) is 1.71. The second kappa shape index (κ2) is 5.72. The number of esters is 1. The second-order valence-electron chi connectivity index (χ2n) is 3.26. The number of halogens is 3. The van der Waals surface area contributed by atoms with Gasteiger partial charge >= 0.3 is 5.97 Å². The number of hydrogen-bond acceptors (Lipinski definition) is 4. The van der Waals surface area contributed by atoms with Crippen molar-refractivity contribution >= 4 is 5.97 Å². The number of aliphatic hydroxyl groups excluding tert-OH is 1. The van der Waals surface area contributed by atoms with Crippen molar-refractivity contribution in [3.05, 3.63) is 29.1 Å². The van der Waals surface area contributed by atoms with Gasteiger partial charge in [0, 0.05) is 6.07 Å². The molecule has 0 saturated heterocycles. The summed E-state index contributed by atoms with van der Waals surface area (Å²) in [4.78, 5) is 11.2. The maximum Gasteiger partial charge on any atom is 0.339 e. The molecule has 0 radical (unpaired) electrons. The molecule has 0 heterocycles. The number of hydrogen-bond donors (Lipinski definition) is 1. The lowest BCUT2D eigenvalue weighted by Crippen LogP contribution is -2.18. The number of carbonyl (C=O) groups excluding carboxylic acids is 1. The van der Waals surface area contributed by atoms with Crippen LogP contribution in [0.25, 0.3) is 0 Å². The van der Waals surface area contributed by atoms with Crippen molar-refractivity contribution in [2.75, 3.05) is 13.7 Å². The first-order valence-corrected chi connectivity index (χ1v) is 5.00. The van der Waals surface area contributed by atoms with E-state index in [1.807, 2.05) is 0 Å². The number of carbonyl (C=O) groups is 1. The zero-order valence-electron chi connectivity index (χ0n) is 9.67. The summed E-state index contributed by atoms with van der Waals surface area (Å²) in [6.45, 7) is 1.39. The van der Waals surface area contributed by atoms with Gasteiger partial charge in [-0.25, -0.2) is 18.0 Å². The molecule has 1 aromatic rings. The molecule has 1 N–H and O–H groups in total. The number of benzene rings is 1. The summed E-state index contributed by atoms with van der Waals surface area (Å²) < 4.78 is 48.8. The molecule has 0 spiro atoms. The molecule has 7 heteroatoms. The summed E-state index contributed by atoms with van der Waals surface area (Å²) >= 11 is 0. The van der Waals surface area contributed by atoms with E-state index >= 15 is 0 Å². The largest absolute Gasteiger partial charge is 0.493 e. The third-order valence-electron chi connectivity index (χ3n) is 2.15. The molecule has 100 valence electrons. The smallest absolute Gasteiger partial charge is 0.339 e. The van der Waals surface area contributed by atoms with Crippen LogP contribution in [0.4, 0.5) is 13.2 Å². The molecule has 0 aromatic heterocycles. The van der Waals surface area contributed by atoms with Crippen LogP contribution in [0.1, 0.15) is 18.6 Å². The Morgan fingerprint density at radius 3 is 2.50 bits per heavy atom. The SMILES string of the molecule is CCOC(=O)C(O)c1c(F)c(F)cc(F)c1OC. The third kappa shape index (κ3) is 2.56. The van der Waals surface area contributed by atoms with Crippen LogP contribution in [0.3, 0.4) is 0 Å². The minimum absolute atomic E-state index is 0.0718. The highest BCUT2D eigenvalue weighted by atomic mass is 19.2. The molecule has 0 aliphatic heterocycles. The number of methoxy groups -OCH3 is 1. The van der Waals surface area contributed by atoms with Gasteiger partial charge in [-0.15, -0.1) is 0 Å². The minimum atomic E-state index is -2.16. The van der Waals surface area contributed by atoms with Crippen LogP contribution < -0.4 is 4.74 Å². The van der Waals surface area contributed by atoms with Gasteiger partial charge in [-0.05, 0) is 6.92 Å². The summed E-state index contributed by atoms with van der Waals surface area (Å²) in [6, 6.07) is 0.259. The molecule has 0 aliphatic rings. The van der Waals surface area contributed by atoms with E-state index in [-0.39, 0.29) is 12.7 Å². The Labute approximate surface area is 101 Å². The van der Waals surface area contributed by atoms with E-state index < -0.39 is 40.8 Å². The molecule has 0 saturated carbocycles. The average Bonchev–Trinajstić information content (AvgIpc) is 2.32. The summed E-state index contributed by atoms with van der Waals surface area (Å²) in [7, 11) is 0.997. The predicted molar refractivity (Wildman–Crippen MR) is 54.5 cm³/mol. The molecular weight excluding hydrogens is 253 g/mol. The van der Waals surface area contributed by atoms with Gasteiger partial charge in [0.25, 0.3) is 0 Å². The molecule has 0 fully saturated rings. The summed E-state index contributed by atoms with van der Waals surface area (Å²) in [5.74, 6) is -6.29. The van der Waals surface area contributed by atoms with Crippen LogP contribution in [0.5, 0.6) is 5.75 Å². The maximum absolute atomic E-state index is 13.5. The van der Waals surface area contributed by atoms with E-state index in [9.17, 15) is 23.1 Å². The Kier molecular flexibility index (Phi) is 4.55. The van der Waals surface area contributed by atoms with E-state index in [2.05, 4.69) is 9.47 Å². The maximum atomic E-state index is 13.5. The molecule has 0 aliphatic carbocycles. The highest BCUT2D eigenvalue weighted by Crippen LogP contribution is 2.33. The fourth-order valence-corrected chi connectivity index (χ4v) is 1.39. The highest BCUT2D eigenvalue weighted by molar-refractivity contribution is 5.77. The van der Waals surface area contributed by atoms with Crippen molar-refractivity contribution in [2.24, 2.45) is 0 Å². The van der Waals surface area contributed by atoms with Gasteiger partial charge in [0.2, 0.25) is 0 Å². The molecule has 1 rings (SSSR count). The van der Waals surface area contributed by atoms with Gasteiger partial charge in [0.05, 0.1) is 19.3 Å².